The third-order valence-corrected chi connectivity index (χ3v) is 7.38. The molecule has 2 N–H and O–H groups in total. The Morgan fingerprint density at radius 2 is 1.21 bits per heavy atom. The molecular weight excluding hydrogens is 532 g/mol. The zero-order chi connectivity index (χ0) is 27.9. The van der Waals surface area contributed by atoms with E-state index in [0.29, 0.717) is 18.2 Å². The van der Waals surface area contributed by atoms with E-state index in [4.69, 9.17) is 15.2 Å². The number of morpholine rings is 1. The third kappa shape index (κ3) is 11.1. The maximum atomic E-state index is 10.6. The largest absolute Gasteiger partial charge is 0.367 e. The van der Waals surface area contributed by atoms with Gasteiger partial charge in [-0.3, -0.25) is 13.3 Å². The minimum atomic E-state index is -3.49. The van der Waals surface area contributed by atoms with Crippen molar-refractivity contribution in [3.05, 3.63) is 71.8 Å². The van der Waals surface area contributed by atoms with Crippen LogP contribution in [0.2, 0.25) is 0 Å². The molecule has 3 aliphatic heterocycles. The molecule has 0 aliphatic carbocycles. The van der Waals surface area contributed by atoms with Crippen molar-refractivity contribution in [1.29, 1.82) is 0 Å². The van der Waals surface area contributed by atoms with Crippen LogP contribution in [0.3, 0.4) is 0 Å². The van der Waals surface area contributed by atoms with E-state index in [1.165, 1.54) is 11.1 Å². The number of hydrogen-bond donors (Lipinski definition) is 1. The Bertz CT molecular complexity index is 1160. The maximum Gasteiger partial charge on any atom is 0.264 e. The molecule has 0 bridgehead atoms. The van der Waals surface area contributed by atoms with Crippen molar-refractivity contribution < 1.29 is 34.7 Å². The van der Waals surface area contributed by atoms with Gasteiger partial charge >= 0.3 is 0 Å². The lowest BCUT2D eigenvalue weighted by atomic mass is 10.1. The van der Waals surface area contributed by atoms with E-state index in [2.05, 4.69) is 50.5 Å². The molecule has 0 aromatic heterocycles. The summed E-state index contributed by atoms with van der Waals surface area (Å²) >= 11 is 0. The van der Waals surface area contributed by atoms with Crippen LogP contribution in [-0.2, 0) is 38.1 Å². The van der Waals surface area contributed by atoms with Crippen LogP contribution in [-0.4, -0.2) is 85.0 Å². The van der Waals surface area contributed by atoms with E-state index in [9.17, 15) is 16.8 Å². The maximum absolute atomic E-state index is 10.6. The van der Waals surface area contributed by atoms with Crippen molar-refractivity contribution in [2.24, 2.45) is 5.73 Å². The first-order chi connectivity index (χ1) is 17.8. The van der Waals surface area contributed by atoms with Gasteiger partial charge in [0, 0.05) is 25.2 Å². The third-order valence-electron chi connectivity index (χ3n) is 6.25. The van der Waals surface area contributed by atoms with E-state index in [1.54, 1.807) is 0 Å². The first-order valence-electron chi connectivity index (χ1n) is 12.4. The van der Waals surface area contributed by atoms with E-state index >= 15 is 0 Å². The summed E-state index contributed by atoms with van der Waals surface area (Å²) in [6.07, 6.45) is 2.11. The number of rotatable bonds is 9. The van der Waals surface area contributed by atoms with E-state index < -0.39 is 32.4 Å². The SMILES string of the molecule is CS(=O)(=O)OCC1OC1COS(C)(=O)=O.C[C@@H](N)c1ccccc1.C[C@H](c1ccccc1)N1CC2OC2C1. The number of nitrogens with two attached hydrogens (primary N) is 1. The molecule has 3 aliphatic rings. The number of ether oxygens (including phenoxy) is 2. The number of likely N-dealkylation sites (tertiary alicyclic amines) is 1. The number of epoxide rings is 2. The second-order valence-corrected chi connectivity index (χ2v) is 12.9. The summed E-state index contributed by atoms with van der Waals surface area (Å²) < 4.78 is 61.6. The first-order valence-corrected chi connectivity index (χ1v) is 16.0. The van der Waals surface area contributed by atoms with Crippen molar-refractivity contribution in [2.75, 3.05) is 38.8 Å². The lowest BCUT2D eigenvalue weighted by Crippen LogP contribution is -2.27. The Kier molecular flexibility index (Phi) is 10.8. The van der Waals surface area contributed by atoms with Crippen LogP contribution in [0.5, 0.6) is 0 Å². The summed E-state index contributed by atoms with van der Waals surface area (Å²) in [6.45, 7) is 6.25. The fourth-order valence-electron chi connectivity index (χ4n) is 3.91. The van der Waals surface area contributed by atoms with Gasteiger partial charge < -0.3 is 15.2 Å². The Morgan fingerprint density at radius 1 is 0.789 bits per heavy atom. The molecule has 3 fully saturated rings. The van der Waals surface area contributed by atoms with E-state index in [0.717, 1.165) is 25.6 Å². The highest BCUT2D eigenvalue weighted by Gasteiger charge is 2.48. The Morgan fingerprint density at radius 3 is 1.58 bits per heavy atom. The van der Waals surface area contributed by atoms with Crippen LogP contribution in [0, 0.1) is 0 Å². The molecule has 0 radical (unpaired) electrons. The smallest absolute Gasteiger partial charge is 0.264 e. The van der Waals surface area contributed by atoms with Gasteiger partial charge in [-0.1, -0.05) is 60.7 Å². The molecule has 12 heteroatoms. The van der Waals surface area contributed by atoms with Crippen molar-refractivity contribution in [3.63, 3.8) is 0 Å². The zero-order valence-corrected chi connectivity index (χ0v) is 23.8. The van der Waals surface area contributed by atoms with Gasteiger partial charge in [0.05, 0.1) is 37.9 Å². The second kappa shape index (κ2) is 13.4. The van der Waals surface area contributed by atoms with Crippen molar-refractivity contribution in [1.82, 2.24) is 4.90 Å². The Balaban J connectivity index is 0.000000163. The Labute approximate surface area is 226 Å². The lowest BCUT2D eigenvalue weighted by Gasteiger charge is -2.25. The van der Waals surface area contributed by atoms with Gasteiger partial charge in [0.1, 0.15) is 12.2 Å². The van der Waals surface area contributed by atoms with E-state index in [-0.39, 0.29) is 19.3 Å². The van der Waals surface area contributed by atoms with Crippen LogP contribution < -0.4 is 5.73 Å². The molecule has 10 nitrogen and oxygen atoms in total. The summed E-state index contributed by atoms with van der Waals surface area (Å²) in [5.74, 6) is 0. The predicted molar refractivity (Wildman–Crippen MR) is 144 cm³/mol. The first kappa shape index (κ1) is 30.6. The molecule has 2 aromatic carbocycles. The van der Waals surface area contributed by atoms with Crippen LogP contribution in [0.1, 0.15) is 37.1 Å². The average Bonchev–Trinajstić information content (AvgIpc) is 3.78. The van der Waals surface area contributed by atoms with Crippen LogP contribution in [0.15, 0.2) is 60.7 Å². The topological polar surface area (TPSA) is 141 Å². The monoisotopic (exact) mass is 570 g/mol. The fraction of sp³-hybridized carbons (Fsp3) is 0.538. The fourth-order valence-corrected chi connectivity index (χ4v) is 4.67. The summed E-state index contributed by atoms with van der Waals surface area (Å²) in [5, 5.41) is 0. The molecule has 4 unspecified atom stereocenters. The van der Waals surface area contributed by atoms with Crippen LogP contribution in [0.4, 0.5) is 0 Å². The molecule has 212 valence electrons. The molecule has 0 saturated carbocycles. The minimum Gasteiger partial charge on any atom is -0.367 e. The highest BCUT2D eigenvalue weighted by Crippen LogP contribution is 2.35. The molecular formula is C26H38N2O8S2. The normalized spacial score (nSPS) is 25.6. The van der Waals surface area contributed by atoms with E-state index in [1.807, 2.05) is 37.3 Å². The number of benzene rings is 2. The number of fused-ring (bicyclic) bond motifs is 1. The van der Waals surface area contributed by atoms with Crippen molar-refractivity contribution in [3.8, 4) is 0 Å². The van der Waals surface area contributed by atoms with Crippen molar-refractivity contribution in [2.45, 2.75) is 50.3 Å². The highest BCUT2D eigenvalue weighted by molar-refractivity contribution is 7.86. The summed E-state index contributed by atoms with van der Waals surface area (Å²) in [6, 6.07) is 21.4. The van der Waals surface area contributed by atoms with Gasteiger partial charge in [0.2, 0.25) is 0 Å². The number of hydrogen-bond acceptors (Lipinski definition) is 10. The average molecular weight is 571 g/mol. The molecule has 0 spiro atoms. The molecule has 0 amide bonds. The Hall–Kier alpha value is -1.90. The molecule has 6 atom stereocenters. The minimum absolute atomic E-state index is 0.114. The molecule has 3 saturated heterocycles. The quantitative estimate of drug-likeness (QED) is 0.352. The summed E-state index contributed by atoms with van der Waals surface area (Å²) in [4.78, 5) is 2.51. The van der Waals surface area contributed by atoms with Gasteiger partial charge in [-0.15, -0.1) is 0 Å². The summed E-state index contributed by atoms with van der Waals surface area (Å²) in [7, 11) is -6.97. The molecule has 38 heavy (non-hydrogen) atoms. The van der Waals surface area contributed by atoms with Gasteiger partial charge in [0.15, 0.2) is 0 Å². The van der Waals surface area contributed by atoms with Crippen LogP contribution >= 0.6 is 0 Å². The van der Waals surface area contributed by atoms with Gasteiger partial charge in [-0.05, 0) is 25.0 Å². The zero-order valence-electron chi connectivity index (χ0n) is 22.2. The van der Waals surface area contributed by atoms with Gasteiger partial charge in [0.25, 0.3) is 20.2 Å². The molecule has 2 aromatic rings. The van der Waals surface area contributed by atoms with Gasteiger partial charge in [-0.2, -0.15) is 16.8 Å². The second-order valence-electron chi connectivity index (χ2n) is 9.64. The standard InChI is InChI=1S/C12H15NO.C8H11N.C6H12O7S2/c1-9(10-5-3-2-4-6-10)13-7-11-12(8-13)14-11;1-7(9)8-5-3-2-4-6-8;1-14(7,8)11-3-5-6(13-5)4-12-15(2,9)10/h2-6,9,11-12H,7-8H2,1H3;2-7H,9H2,1H3;5-6H,3-4H2,1-2H3/t9-,11?,12?;7-;/m11./s1. The highest BCUT2D eigenvalue weighted by atomic mass is 32.2. The van der Waals surface area contributed by atoms with Crippen LogP contribution in [0.25, 0.3) is 0 Å². The molecule has 3 heterocycles. The predicted octanol–water partition coefficient (Wildman–Crippen LogP) is 2.24. The summed E-state index contributed by atoms with van der Waals surface area (Å²) in [5.41, 5.74) is 8.22. The lowest BCUT2D eigenvalue weighted by molar-refractivity contribution is 0.165. The van der Waals surface area contributed by atoms with Crippen molar-refractivity contribution >= 4 is 20.2 Å². The number of nitrogens with zero attached hydrogens (tertiary/aromatic N) is 1. The van der Waals surface area contributed by atoms with Gasteiger partial charge in [-0.25, -0.2) is 0 Å². The molecule has 5 rings (SSSR count).